The zero-order chi connectivity index (χ0) is 93.4. The van der Waals surface area contributed by atoms with Crippen LogP contribution in [0.5, 0.6) is 0 Å². The summed E-state index contributed by atoms with van der Waals surface area (Å²) in [5.74, 6) is 6.60. The number of hydrogen-bond donors (Lipinski definition) is 8. The molecule has 12 aromatic rings. The standard InChI is InChI=1S/C21H25N.2C20H23N.2C19H22N2O.C17H20N4O/c1-14(2)17-10-11-20-19(12-17)9-7-16-6-8-18(15(3)4)13-21(16)22(20)5;2*1-13(2)16-9-10-19-18(11-16)8-6-15-5-7-17(14(3)4)12-20(15)21-19;1-11(2)13-5-7-16-15(9-13)19(22)21-17-8-6-14(12(3)4)10-18(17)20-16;1-11(2)13-5-7-15-17(9-13)20-16-8-6-14(12(3)4)10-18(16)21-19(15)22;1-9(2)11-7-14-16(18-8-11)21-15-12(17(22)20-14)5-6-13(19-15)10(3)4/h6-15H,1-5H3;2*5-14,21H,1-4H3;2*5-12,20H,1-4H3,(H,21,22);5-10H,1-4H3,(H,20,22)(H,18,19,21). The number of benzene rings is 10. The first-order chi connectivity index (χ1) is 61.9. The fourth-order valence-electron chi connectivity index (χ4n) is 16.2. The van der Waals surface area contributed by atoms with E-state index in [0.29, 0.717) is 105 Å². The van der Waals surface area contributed by atoms with E-state index >= 15 is 0 Å². The summed E-state index contributed by atoms with van der Waals surface area (Å²) in [6, 6.07) is 70.6. The Bertz CT molecular complexity index is 6020. The maximum absolute atomic E-state index is 12.5. The minimum absolute atomic E-state index is 0.0546. The van der Waals surface area contributed by atoms with E-state index in [0.717, 1.165) is 45.4 Å². The molecule has 8 heterocycles. The molecule has 0 saturated carbocycles. The lowest BCUT2D eigenvalue weighted by molar-refractivity contribution is 0.101. The molecule has 0 bridgehead atoms. The highest BCUT2D eigenvalue weighted by atomic mass is 16.2. The summed E-state index contributed by atoms with van der Waals surface area (Å²) in [6.07, 6.45) is 15.2. The van der Waals surface area contributed by atoms with Crippen molar-refractivity contribution in [3.05, 3.63) is 323 Å². The van der Waals surface area contributed by atoms with Crippen LogP contribution in [-0.2, 0) is 0 Å². The Kier molecular flexibility index (Phi) is 29.9. The third-order valence-electron chi connectivity index (χ3n) is 25.2. The molecule has 2 aromatic heterocycles. The van der Waals surface area contributed by atoms with Gasteiger partial charge in [-0.2, -0.15) is 0 Å². The summed E-state index contributed by atoms with van der Waals surface area (Å²) in [5, 5.41) is 26.2. The van der Waals surface area contributed by atoms with Crippen LogP contribution < -0.4 is 47.4 Å². The highest BCUT2D eigenvalue weighted by Gasteiger charge is 2.27. The monoisotopic (exact) mass is 1730 g/mol. The van der Waals surface area contributed by atoms with E-state index in [-0.39, 0.29) is 17.7 Å². The second-order valence-corrected chi connectivity index (χ2v) is 38.9. The number of amides is 3. The molecular formula is C116H135N11O3. The third kappa shape index (κ3) is 22.4. The van der Waals surface area contributed by atoms with E-state index in [1.807, 2.05) is 60.8 Å². The number of nitrogens with zero attached hydrogens (tertiary/aromatic N) is 3. The number of fused-ring (bicyclic) bond motifs is 12. The molecule has 130 heavy (non-hydrogen) atoms. The molecule has 6 aliphatic rings. The normalized spacial score (nSPS) is 13.1. The van der Waals surface area contributed by atoms with Crippen molar-refractivity contribution in [1.82, 2.24) is 9.97 Å². The molecule has 8 N–H and O–H groups in total. The average molecular weight is 1730 g/mol. The zero-order valence-corrected chi connectivity index (χ0v) is 81.1. The molecule has 0 aliphatic carbocycles. The van der Waals surface area contributed by atoms with Gasteiger partial charge in [0.1, 0.15) is 5.82 Å². The molecule has 18 rings (SSSR count). The van der Waals surface area contributed by atoms with Crippen LogP contribution in [-0.4, -0.2) is 34.7 Å². The first kappa shape index (κ1) is 94.5. The Balaban J connectivity index is 0.000000133. The highest BCUT2D eigenvalue weighted by molar-refractivity contribution is 6.14. The van der Waals surface area contributed by atoms with Crippen LogP contribution in [0.4, 0.5) is 85.6 Å². The van der Waals surface area contributed by atoms with Crippen LogP contribution in [0.3, 0.4) is 0 Å². The molecule has 0 fully saturated rings. The molecule has 6 aliphatic heterocycles. The second-order valence-electron chi connectivity index (χ2n) is 38.9. The van der Waals surface area contributed by atoms with Gasteiger partial charge in [0.2, 0.25) is 0 Å². The van der Waals surface area contributed by atoms with Crippen LogP contribution in [0, 0.1) is 0 Å². The maximum Gasteiger partial charge on any atom is 0.259 e. The van der Waals surface area contributed by atoms with Gasteiger partial charge in [-0.15, -0.1) is 0 Å². The number of nitrogens with one attached hydrogen (secondary N) is 8. The Hall–Kier alpha value is -13.1. The van der Waals surface area contributed by atoms with Gasteiger partial charge in [0.05, 0.1) is 56.5 Å². The van der Waals surface area contributed by atoms with Crippen molar-refractivity contribution >= 4 is 140 Å². The molecule has 10 aromatic carbocycles. The molecule has 0 unspecified atom stereocenters. The van der Waals surface area contributed by atoms with Crippen LogP contribution in [0.1, 0.15) is 369 Å². The zero-order valence-electron chi connectivity index (χ0n) is 81.1. The van der Waals surface area contributed by atoms with E-state index in [1.165, 1.54) is 123 Å². The van der Waals surface area contributed by atoms with Gasteiger partial charge in [-0.05, 0) is 287 Å². The SMILES string of the molecule is CC(C)c1ccc2c(c1)C=Cc1ccc(C(C)C)cc1N2.CC(C)c1ccc2c(c1)C=Cc1ccc(C(C)C)cc1N2.CC(C)c1ccc2c(c1)C=Cc1ccc(C(C)C)cc1N2C.CC(C)c1ccc2c(c1)NC(=O)c1ccc(C(C)C)cc1N2.CC(C)c1ccc2c(c1)Nc1ccc(C(C)C)cc1C(=O)N2.CC(C)c1cnc2c(c1)NC(=O)c1ccc(C(C)C)nc1N2. The summed E-state index contributed by atoms with van der Waals surface area (Å²) >= 11 is 0. The third-order valence-corrected chi connectivity index (χ3v) is 25.2. The van der Waals surface area contributed by atoms with Gasteiger partial charge in [0.25, 0.3) is 17.7 Å². The van der Waals surface area contributed by atoms with Crippen molar-refractivity contribution in [1.29, 1.82) is 0 Å². The maximum atomic E-state index is 12.5. The smallest absolute Gasteiger partial charge is 0.259 e. The van der Waals surface area contributed by atoms with Crippen LogP contribution in [0.2, 0.25) is 0 Å². The molecule has 0 saturated heterocycles. The predicted molar refractivity (Wildman–Crippen MR) is 557 cm³/mol. The van der Waals surface area contributed by atoms with Crippen molar-refractivity contribution in [2.75, 3.05) is 54.5 Å². The lowest BCUT2D eigenvalue weighted by Gasteiger charge is -2.24. The molecule has 3 amide bonds. The number of hydrogen-bond acceptors (Lipinski definition) is 11. The number of carbonyl (C=O) groups is 3. The summed E-state index contributed by atoms with van der Waals surface area (Å²) in [4.78, 5) is 48.7. The van der Waals surface area contributed by atoms with E-state index in [2.05, 4.69) is 413 Å². The number of pyridine rings is 2. The van der Waals surface area contributed by atoms with Crippen molar-refractivity contribution in [3.63, 3.8) is 0 Å². The number of aromatic nitrogens is 2. The van der Waals surface area contributed by atoms with Crippen molar-refractivity contribution in [2.45, 2.75) is 237 Å². The number of carbonyl (C=O) groups excluding carboxylic acids is 3. The summed E-state index contributed by atoms with van der Waals surface area (Å²) in [6.45, 7) is 52.4. The van der Waals surface area contributed by atoms with E-state index in [1.54, 1.807) is 0 Å². The van der Waals surface area contributed by atoms with Crippen molar-refractivity contribution in [3.8, 4) is 0 Å². The molecule has 0 spiro atoms. The van der Waals surface area contributed by atoms with Crippen molar-refractivity contribution in [2.24, 2.45) is 0 Å². The Labute approximate surface area is 774 Å². The topological polar surface area (TPSA) is 176 Å². The second kappa shape index (κ2) is 41.1. The van der Waals surface area contributed by atoms with Crippen LogP contribution in [0.25, 0.3) is 36.5 Å². The quantitative estimate of drug-likeness (QED) is 0.0584. The molecule has 0 radical (unpaired) electrons. The minimum atomic E-state index is -0.160. The van der Waals surface area contributed by atoms with Crippen LogP contribution >= 0.6 is 0 Å². The summed E-state index contributed by atoms with van der Waals surface area (Å²) in [7, 11) is 2.17. The van der Waals surface area contributed by atoms with E-state index in [9.17, 15) is 14.4 Å². The first-order valence-electron chi connectivity index (χ1n) is 46.9. The fourth-order valence-corrected chi connectivity index (χ4v) is 16.2. The van der Waals surface area contributed by atoms with Gasteiger partial charge in [-0.25, -0.2) is 9.97 Å². The molecule has 672 valence electrons. The average Bonchev–Trinajstić information content (AvgIpc) is 1.62. The molecule has 14 nitrogen and oxygen atoms in total. The van der Waals surface area contributed by atoms with Gasteiger partial charge < -0.3 is 47.4 Å². The predicted octanol–water partition coefficient (Wildman–Crippen LogP) is 33.0. The fraction of sp³-hybridized carbons (Fsp3) is 0.319. The van der Waals surface area contributed by atoms with E-state index in [4.69, 9.17) is 0 Å². The Morgan fingerprint density at radius 3 is 1.04 bits per heavy atom. The number of rotatable bonds is 12. The minimum Gasteiger partial charge on any atom is -0.355 e. The highest BCUT2D eigenvalue weighted by Crippen LogP contribution is 2.44. The molecular weight excluding hydrogens is 1600 g/mol. The first-order valence-corrected chi connectivity index (χ1v) is 46.9. The van der Waals surface area contributed by atoms with Gasteiger partial charge in [0, 0.05) is 53.1 Å². The van der Waals surface area contributed by atoms with Crippen LogP contribution in [0.15, 0.2) is 206 Å². The largest absolute Gasteiger partial charge is 0.355 e. The Morgan fingerprint density at radius 1 is 0.215 bits per heavy atom. The van der Waals surface area contributed by atoms with Gasteiger partial charge in [-0.3, -0.25) is 14.4 Å². The summed E-state index contributed by atoms with van der Waals surface area (Å²) in [5.41, 5.74) is 38.1. The summed E-state index contributed by atoms with van der Waals surface area (Å²) < 4.78 is 0. The number of anilines is 15. The van der Waals surface area contributed by atoms with E-state index < -0.39 is 0 Å². The van der Waals surface area contributed by atoms with Gasteiger partial charge in [-0.1, -0.05) is 281 Å². The Morgan fingerprint density at radius 2 is 0.538 bits per heavy atom. The molecule has 14 heteroatoms. The van der Waals surface area contributed by atoms with Crippen molar-refractivity contribution < 1.29 is 14.4 Å². The van der Waals surface area contributed by atoms with Gasteiger partial charge >= 0.3 is 0 Å². The van der Waals surface area contributed by atoms with Gasteiger partial charge in [0.15, 0.2) is 5.82 Å². The lowest BCUT2D eigenvalue weighted by Crippen LogP contribution is -2.12. The lowest BCUT2D eigenvalue weighted by atomic mass is 9.99. The molecule has 0 atom stereocenters.